The second-order valence-electron chi connectivity index (χ2n) is 6.74. The highest BCUT2D eigenvalue weighted by molar-refractivity contribution is 7.18. The Kier molecular flexibility index (Phi) is 7.12. The van der Waals surface area contributed by atoms with Crippen LogP contribution in [0.1, 0.15) is 10.4 Å². The highest BCUT2D eigenvalue weighted by Gasteiger charge is 2.38. The van der Waals surface area contributed by atoms with Gasteiger partial charge in [0.2, 0.25) is 5.75 Å². The molecule has 178 valence electrons. The van der Waals surface area contributed by atoms with Crippen LogP contribution in [0.25, 0.3) is 21.6 Å². The SMILES string of the molecule is COc1cc(-c2nc3sc4c(c3c(=O)[nH]2)CCNC4)cc(OC)c1OC.O=C(O)C(F)(F)F. The fraction of sp³-hybridized carbons (Fsp3) is 0.350. The predicted octanol–water partition coefficient (Wildman–Crippen LogP) is 2.96. The largest absolute Gasteiger partial charge is 0.493 e. The van der Waals surface area contributed by atoms with E-state index >= 15 is 0 Å². The summed E-state index contributed by atoms with van der Waals surface area (Å²) < 4.78 is 47.9. The van der Waals surface area contributed by atoms with Crippen molar-refractivity contribution in [1.29, 1.82) is 0 Å². The molecule has 1 aliphatic rings. The molecule has 0 aliphatic carbocycles. The van der Waals surface area contributed by atoms with Crippen LogP contribution in [-0.4, -0.2) is 55.1 Å². The van der Waals surface area contributed by atoms with Crippen molar-refractivity contribution in [2.24, 2.45) is 0 Å². The highest BCUT2D eigenvalue weighted by Crippen LogP contribution is 2.41. The van der Waals surface area contributed by atoms with Gasteiger partial charge >= 0.3 is 12.1 Å². The summed E-state index contributed by atoms with van der Waals surface area (Å²) in [5.41, 5.74) is 1.70. The van der Waals surface area contributed by atoms with Crippen molar-refractivity contribution in [2.75, 3.05) is 27.9 Å². The van der Waals surface area contributed by atoms with Crippen LogP contribution in [0.5, 0.6) is 17.2 Å². The number of hydrogen-bond donors (Lipinski definition) is 3. The summed E-state index contributed by atoms with van der Waals surface area (Å²) in [5.74, 6) is -0.751. The number of halogens is 3. The van der Waals surface area contributed by atoms with Crippen LogP contribution in [0.3, 0.4) is 0 Å². The van der Waals surface area contributed by atoms with Crippen molar-refractivity contribution >= 4 is 27.5 Å². The lowest BCUT2D eigenvalue weighted by atomic mass is 10.1. The molecule has 0 fully saturated rings. The third-order valence-corrected chi connectivity index (χ3v) is 5.89. The lowest BCUT2D eigenvalue weighted by Crippen LogP contribution is -2.23. The first-order valence-corrected chi connectivity index (χ1v) is 10.3. The van der Waals surface area contributed by atoms with Crippen molar-refractivity contribution in [1.82, 2.24) is 15.3 Å². The fourth-order valence-corrected chi connectivity index (χ4v) is 4.48. The molecular formula is C20H20F3N3O6S. The third kappa shape index (κ3) is 5.03. The number of nitrogens with one attached hydrogen (secondary N) is 2. The number of fused-ring (bicyclic) bond motifs is 3. The number of H-pyrrole nitrogens is 1. The summed E-state index contributed by atoms with van der Waals surface area (Å²) in [6.07, 6.45) is -4.23. The second kappa shape index (κ2) is 9.67. The Bertz CT molecular complexity index is 1210. The number of aromatic nitrogens is 2. The number of ether oxygens (including phenoxy) is 3. The summed E-state index contributed by atoms with van der Waals surface area (Å²) in [6, 6.07) is 3.56. The minimum atomic E-state index is -5.08. The number of methoxy groups -OCH3 is 3. The number of alkyl halides is 3. The minimum absolute atomic E-state index is 0.113. The van der Waals surface area contributed by atoms with E-state index in [4.69, 9.17) is 29.1 Å². The lowest BCUT2D eigenvalue weighted by Gasteiger charge is -2.14. The summed E-state index contributed by atoms with van der Waals surface area (Å²) in [4.78, 5) is 31.2. The Hall–Kier alpha value is -3.32. The number of hydrogen-bond acceptors (Lipinski definition) is 8. The van der Waals surface area contributed by atoms with Gasteiger partial charge in [-0.2, -0.15) is 13.2 Å². The summed E-state index contributed by atoms with van der Waals surface area (Å²) in [6.45, 7) is 1.67. The van der Waals surface area contributed by atoms with Gasteiger partial charge in [-0.05, 0) is 30.7 Å². The van der Waals surface area contributed by atoms with Gasteiger partial charge in [0.15, 0.2) is 11.5 Å². The van der Waals surface area contributed by atoms with E-state index in [0.29, 0.717) is 34.0 Å². The lowest BCUT2D eigenvalue weighted by molar-refractivity contribution is -0.192. The zero-order chi connectivity index (χ0) is 24.3. The maximum absolute atomic E-state index is 12.7. The minimum Gasteiger partial charge on any atom is -0.493 e. The number of carboxylic acids is 1. The van der Waals surface area contributed by atoms with E-state index in [1.807, 2.05) is 0 Å². The molecule has 0 radical (unpaired) electrons. The molecule has 3 aromatic rings. The van der Waals surface area contributed by atoms with E-state index in [-0.39, 0.29) is 5.56 Å². The molecule has 3 heterocycles. The van der Waals surface area contributed by atoms with E-state index in [2.05, 4.69) is 10.3 Å². The Morgan fingerprint density at radius 2 is 1.76 bits per heavy atom. The molecule has 0 atom stereocenters. The fourth-order valence-electron chi connectivity index (χ4n) is 3.29. The molecule has 2 aromatic heterocycles. The van der Waals surface area contributed by atoms with Gasteiger partial charge in [0.25, 0.3) is 5.56 Å². The van der Waals surface area contributed by atoms with E-state index in [0.717, 1.165) is 29.9 Å². The standard InChI is InChI=1S/C18H19N3O4S.C2HF3O2/c1-23-11-6-9(7-12(24-2)15(11)25-3)16-20-17(22)14-10-4-5-19-8-13(10)26-18(14)21-16;3-2(4,5)1(6)7/h6-7,19H,4-5,8H2,1-3H3,(H,20,21,22);(H,6,7). The maximum Gasteiger partial charge on any atom is 0.490 e. The molecule has 0 amide bonds. The number of carbonyl (C=O) groups is 1. The molecule has 1 aromatic carbocycles. The highest BCUT2D eigenvalue weighted by atomic mass is 32.1. The molecule has 9 nitrogen and oxygen atoms in total. The summed E-state index contributed by atoms with van der Waals surface area (Å²) in [5, 5.41) is 11.2. The van der Waals surface area contributed by atoms with Gasteiger partial charge in [0.1, 0.15) is 10.7 Å². The van der Waals surface area contributed by atoms with Crippen LogP contribution in [0, 0.1) is 0 Å². The van der Waals surface area contributed by atoms with E-state index in [1.54, 1.807) is 44.8 Å². The molecule has 0 bridgehead atoms. The van der Waals surface area contributed by atoms with Crippen LogP contribution in [0.15, 0.2) is 16.9 Å². The molecule has 0 saturated heterocycles. The molecule has 4 rings (SSSR count). The van der Waals surface area contributed by atoms with Gasteiger partial charge in [-0.1, -0.05) is 0 Å². The Balaban J connectivity index is 0.000000383. The number of nitrogens with zero attached hydrogens (tertiary/aromatic N) is 1. The zero-order valence-corrected chi connectivity index (χ0v) is 18.6. The smallest absolute Gasteiger partial charge is 0.490 e. The van der Waals surface area contributed by atoms with Gasteiger partial charge in [0, 0.05) is 17.0 Å². The van der Waals surface area contributed by atoms with Crippen molar-refractivity contribution in [3.63, 3.8) is 0 Å². The maximum atomic E-state index is 12.7. The van der Waals surface area contributed by atoms with E-state index in [9.17, 15) is 18.0 Å². The molecule has 0 spiro atoms. The van der Waals surface area contributed by atoms with E-state index < -0.39 is 12.1 Å². The molecule has 1 aliphatic heterocycles. The number of carboxylic acid groups (broad SMARTS) is 1. The molecule has 13 heteroatoms. The molecule has 3 N–H and O–H groups in total. The van der Waals surface area contributed by atoms with Gasteiger partial charge < -0.3 is 29.6 Å². The van der Waals surface area contributed by atoms with E-state index in [1.165, 1.54) is 4.88 Å². The zero-order valence-electron chi connectivity index (χ0n) is 17.8. The van der Waals surface area contributed by atoms with Crippen molar-refractivity contribution < 1.29 is 37.3 Å². The monoisotopic (exact) mass is 487 g/mol. The van der Waals surface area contributed by atoms with Gasteiger partial charge in [-0.25, -0.2) is 9.78 Å². The first-order chi connectivity index (χ1) is 15.6. The van der Waals surface area contributed by atoms with Crippen LogP contribution < -0.4 is 25.1 Å². The Labute approximate surface area is 189 Å². The molecule has 0 unspecified atom stereocenters. The Morgan fingerprint density at radius 3 is 2.27 bits per heavy atom. The number of benzene rings is 1. The number of rotatable bonds is 4. The summed E-state index contributed by atoms with van der Waals surface area (Å²) in [7, 11) is 4.66. The number of aromatic amines is 1. The van der Waals surface area contributed by atoms with Gasteiger partial charge in [-0.3, -0.25) is 4.79 Å². The average Bonchev–Trinajstić information content (AvgIpc) is 3.16. The first-order valence-electron chi connectivity index (χ1n) is 9.46. The van der Waals surface area contributed by atoms with Crippen LogP contribution in [0.4, 0.5) is 13.2 Å². The quantitative estimate of drug-likeness (QED) is 0.514. The van der Waals surface area contributed by atoms with Crippen molar-refractivity contribution in [3.05, 3.63) is 32.9 Å². The average molecular weight is 487 g/mol. The van der Waals surface area contributed by atoms with Crippen LogP contribution >= 0.6 is 11.3 Å². The summed E-state index contributed by atoms with van der Waals surface area (Å²) >= 11 is 1.57. The third-order valence-electron chi connectivity index (χ3n) is 4.76. The molecular weight excluding hydrogens is 467 g/mol. The molecule has 0 saturated carbocycles. The van der Waals surface area contributed by atoms with Crippen LogP contribution in [0.2, 0.25) is 0 Å². The second-order valence-corrected chi connectivity index (χ2v) is 7.83. The first kappa shape index (κ1) is 24.3. The van der Waals surface area contributed by atoms with Gasteiger partial charge in [-0.15, -0.1) is 11.3 Å². The van der Waals surface area contributed by atoms with Crippen LogP contribution in [-0.2, 0) is 17.8 Å². The molecule has 33 heavy (non-hydrogen) atoms. The van der Waals surface area contributed by atoms with Crippen molar-refractivity contribution in [2.45, 2.75) is 19.1 Å². The predicted molar refractivity (Wildman–Crippen MR) is 114 cm³/mol. The van der Waals surface area contributed by atoms with Gasteiger partial charge in [0.05, 0.1) is 26.7 Å². The number of thiophene rings is 1. The number of aliphatic carboxylic acids is 1. The normalized spacial score (nSPS) is 13.0. The Morgan fingerprint density at radius 1 is 1.15 bits per heavy atom. The topological polar surface area (TPSA) is 123 Å². The van der Waals surface area contributed by atoms with Crippen molar-refractivity contribution in [3.8, 4) is 28.6 Å².